The van der Waals surface area contributed by atoms with E-state index in [2.05, 4.69) is 0 Å². The molecule has 1 saturated carbocycles. The van der Waals surface area contributed by atoms with Crippen molar-refractivity contribution < 1.29 is 19.8 Å². The van der Waals surface area contributed by atoms with Gasteiger partial charge in [-0.3, -0.25) is 9.59 Å². The van der Waals surface area contributed by atoms with Crippen LogP contribution in [0.4, 0.5) is 0 Å². The Morgan fingerprint density at radius 2 is 0.807 bits per heavy atom. The van der Waals surface area contributed by atoms with Gasteiger partial charge in [0.1, 0.15) is 16.6 Å². The first kappa shape index (κ1) is 39.4. The third kappa shape index (κ3) is 7.68. The molecule has 7 rings (SSSR count). The second-order valence-electron chi connectivity index (χ2n) is 16.1. The highest BCUT2D eigenvalue weighted by Crippen LogP contribution is 2.52. The molecule has 0 heterocycles. The predicted octanol–water partition coefficient (Wildman–Crippen LogP) is 8.41. The highest BCUT2D eigenvalue weighted by Gasteiger charge is 2.62. The molecule has 1 aliphatic rings. The summed E-state index contributed by atoms with van der Waals surface area (Å²) in [4.78, 5) is 31.2. The zero-order chi connectivity index (χ0) is 40.4. The molecule has 6 nitrogen and oxygen atoms in total. The largest absolute Gasteiger partial charge is 0.378 e. The minimum atomic E-state index is -1.85. The van der Waals surface area contributed by atoms with Gasteiger partial charge in [0.2, 0.25) is 11.8 Å². The molecule has 0 bridgehead atoms. The van der Waals surface area contributed by atoms with E-state index in [4.69, 9.17) is 5.73 Å². The molecular formula is C51H52N2O4. The summed E-state index contributed by atoms with van der Waals surface area (Å²) in [6.45, 7) is 7.98. The van der Waals surface area contributed by atoms with Crippen LogP contribution >= 0.6 is 0 Å². The van der Waals surface area contributed by atoms with E-state index in [0.29, 0.717) is 22.3 Å². The Labute approximate surface area is 336 Å². The average Bonchev–Trinajstić information content (AvgIpc) is 4.04. The molecule has 0 aromatic heterocycles. The fourth-order valence-electron chi connectivity index (χ4n) is 8.34. The molecular weight excluding hydrogens is 705 g/mol. The van der Waals surface area contributed by atoms with Gasteiger partial charge >= 0.3 is 0 Å². The quantitative estimate of drug-likeness (QED) is 0.0972. The maximum Gasteiger partial charge on any atom is 0.239 e. The lowest BCUT2D eigenvalue weighted by atomic mass is 9.71. The van der Waals surface area contributed by atoms with E-state index in [1.165, 1.54) is 0 Å². The molecule has 2 amide bonds. The van der Waals surface area contributed by atoms with E-state index in [9.17, 15) is 15.0 Å². The van der Waals surface area contributed by atoms with Crippen LogP contribution in [0.1, 0.15) is 68.5 Å². The van der Waals surface area contributed by atoms with Gasteiger partial charge < -0.3 is 20.8 Å². The van der Waals surface area contributed by atoms with E-state index in [-0.39, 0.29) is 25.7 Å². The summed E-state index contributed by atoms with van der Waals surface area (Å²) in [7, 11) is 0. The molecule has 6 heteroatoms. The van der Waals surface area contributed by atoms with Gasteiger partial charge in [-0.1, -0.05) is 180 Å². The standard InChI is InChI=1S/C51H52N2O4/c1-35-15-23-41(24-16-35)50(56,42-25-17-36(2)18-26-42)45(33-39-11-7-5-8-12-39)53(48(55)49(31-32-49)47(52)54)46(34-40-13-9-6-10-14-40)51(57,43-27-19-37(3)20-28-43)44-29-21-38(4)22-30-44/h5-30,45-46,56-57H,31-34H2,1-4H3,(H2,52,54)/t45-,46-/m1/s1. The number of primary amides is 1. The number of hydrogen-bond donors (Lipinski definition) is 3. The van der Waals surface area contributed by atoms with Crippen LogP contribution in [-0.2, 0) is 33.6 Å². The minimum Gasteiger partial charge on any atom is -0.378 e. The van der Waals surface area contributed by atoms with Gasteiger partial charge in [0, 0.05) is 0 Å². The summed E-state index contributed by atoms with van der Waals surface area (Å²) in [5.41, 5.74) is 9.08. The minimum absolute atomic E-state index is 0.183. The lowest BCUT2D eigenvalue weighted by molar-refractivity contribution is -0.161. The lowest BCUT2D eigenvalue weighted by Crippen LogP contribution is -2.66. The molecule has 0 radical (unpaired) electrons. The van der Waals surface area contributed by atoms with E-state index >= 15 is 4.79 Å². The van der Waals surface area contributed by atoms with Crippen LogP contribution in [-0.4, -0.2) is 39.0 Å². The molecule has 0 unspecified atom stereocenters. The summed E-state index contributed by atoms with van der Waals surface area (Å²) in [5.74, 6) is -1.22. The van der Waals surface area contributed by atoms with Crippen LogP contribution in [0.15, 0.2) is 158 Å². The van der Waals surface area contributed by atoms with Crippen molar-refractivity contribution in [1.82, 2.24) is 4.90 Å². The number of benzene rings is 6. The number of carbonyl (C=O) groups excluding carboxylic acids is 2. The molecule has 6 aromatic carbocycles. The van der Waals surface area contributed by atoms with Gasteiger partial charge in [0.05, 0.1) is 12.1 Å². The number of rotatable bonds is 14. The highest BCUT2D eigenvalue weighted by molar-refractivity contribution is 6.07. The van der Waals surface area contributed by atoms with Crippen molar-refractivity contribution in [3.05, 3.63) is 213 Å². The van der Waals surface area contributed by atoms with Crippen LogP contribution in [0.5, 0.6) is 0 Å². The third-order valence-electron chi connectivity index (χ3n) is 12.0. The first-order valence-corrected chi connectivity index (χ1v) is 19.8. The second kappa shape index (κ2) is 16.0. The van der Waals surface area contributed by atoms with Crippen molar-refractivity contribution in [2.45, 2.75) is 76.7 Å². The summed E-state index contributed by atoms with van der Waals surface area (Å²) in [6, 6.07) is 48.4. The second-order valence-corrected chi connectivity index (χ2v) is 16.1. The van der Waals surface area contributed by atoms with Crippen LogP contribution in [0.2, 0.25) is 0 Å². The fourth-order valence-corrected chi connectivity index (χ4v) is 8.34. The van der Waals surface area contributed by atoms with Crippen LogP contribution in [0.25, 0.3) is 0 Å². The van der Waals surface area contributed by atoms with E-state index in [1.54, 1.807) is 4.90 Å². The molecule has 0 aliphatic heterocycles. The van der Waals surface area contributed by atoms with Crippen molar-refractivity contribution in [2.75, 3.05) is 0 Å². The topological polar surface area (TPSA) is 104 Å². The summed E-state index contributed by atoms with van der Waals surface area (Å²) in [6.07, 6.45) is 0.912. The Bertz CT molecular complexity index is 2060. The van der Waals surface area contributed by atoms with E-state index in [0.717, 1.165) is 33.4 Å². The van der Waals surface area contributed by atoms with Crippen molar-refractivity contribution in [3.63, 3.8) is 0 Å². The van der Waals surface area contributed by atoms with Gasteiger partial charge in [0.25, 0.3) is 0 Å². The fraction of sp³-hybridized carbons (Fsp3) is 0.255. The van der Waals surface area contributed by atoms with E-state index in [1.807, 2.05) is 185 Å². The average molecular weight is 757 g/mol. The number of amides is 2. The van der Waals surface area contributed by atoms with Gasteiger partial charge in [0.15, 0.2) is 0 Å². The Morgan fingerprint density at radius 1 is 0.526 bits per heavy atom. The van der Waals surface area contributed by atoms with Gasteiger partial charge in [-0.15, -0.1) is 0 Å². The molecule has 2 atom stereocenters. The predicted molar refractivity (Wildman–Crippen MR) is 226 cm³/mol. The number of hydrogen-bond acceptors (Lipinski definition) is 4. The van der Waals surface area contributed by atoms with Crippen molar-refractivity contribution in [1.29, 1.82) is 0 Å². The first-order valence-electron chi connectivity index (χ1n) is 19.8. The zero-order valence-corrected chi connectivity index (χ0v) is 33.2. The Morgan fingerprint density at radius 3 is 1.05 bits per heavy atom. The van der Waals surface area contributed by atoms with Crippen molar-refractivity contribution in [2.24, 2.45) is 11.1 Å². The molecule has 6 aromatic rings. The molecule has 0 saturated heterocycles. The van der Waals surface area contributed by atoms with Gasteiger partial charge in [-0.25, -0.2) is 0 Å². The lowest BCUT2D eigenvalue weighted by Gasteiger charge is -2.52. The van der Waals surface area contributed by atoms with Gasteiger partial charge in [-0.2, -0.15) is 0 Å². The number of nitrogens with zero attached hydrogens (tertiary/aromatic N) is 1. The van der Waals surface area contributed by atoms with Crippen molar-refractivity contribution >= 4 is 11.8 Å². The Kier molecular flexibility index (Phi) is 11.0. The number of nitrogens with two attached hydrogens (primary N) is 1. The summed E-state index contributed by atoms with van der Waals surface area (Å²) < 4.78 is 0. The molecule has 1 fully saturated rings. The third-order valence-corrected chi connectivity index (χ3v) is 12.0. The molecule has 1 aliphatic carbocycles. The van der Waals surface area contributed by atoms with Crippen LogP contribution in [0.3, 0.4) is 0 Å². The normalized spacial score (nSPS) is 14.7. The maximum absolute atomic E-state index is 16.0. The van der Waals surface area contributed by atoms with Gasteiger partial charge in [-0.05, 0) is 86.8 Å². The summed E-state index contributed by atoms with van der Waals surface area (Å²) >= 11 is 0. The van der Waals surface area contributed by atoms with Crippen molar-refractivity contribution in [3.8, 4) is 0 Å². The Hall–Kier alpha value is -5.82. The molecule has 290 valence electrons. The summed E-state index contributed by atoms with van der Waals surface area (Å²) in [5, 5.41) is 28.0. The molecule has 57 heavy (non-hydrogen) atoms. The van der Waals surface area contributed by atoms with E-state index < -0.39 is 40.5 Å². The molecule has 4 N–H and O–H groups in total. The Balaban J connectivity index is 1.61. The number of carbonyl (C=O) groups is 2. The maximum atomic E-state index is 16.0. The smallest absolute Gasteiger partial charge is 0.239 e. The monoisotopic (exact) mass is 756 g/mol. The zero-order valence-electron chi connectivity index (χ0n) is 33.2. The van der Waals surface area contributed by atoms with Crippen LogP contribution in [0, 0.1) is 33.1 Å². The SMILES string of the molecule is Cc1ccc(C(O)(c2ccc(C)cc2)[C@@H](Cc2ccccc2)N(C(=O)C2(C(N)=O)CC2)[C@H](Cc2ccccc2)C(O)(c2ccc(C)cc2)c2ccc(C)cc2)cc1. The number of aryl methyl sites for hydroxylation is 4. The molecule has 0 spiro atoms. The van der Waals surface area contributed by atoms with Crippen LogP contribution < -0.4 is 5.73 Å². The highest BCUT2D eigenvalue weighted by atomic mass is 16.3. The first-order chi connectivity index (χ1) is 27.4. The number of aliphatic hydroxyl groups is 2.